The van der Waals surface area contributed by atoms with Crippen LogP contribution in [-0.4, -0.2) is 74.6 Å². The highest BCUT2D eigenvalue weighted by Gasteiger charge is 2.45. The zero-order valence-corrected chi connectivity index (χ0v) is 17.1. The van der Waals surface area contributed by atoms with Crippen LogP contribution in [0.5, 0.6) is 0 Å². The summed E-state index contributed by atoms with van der Waals surface area (Å²) in [6.07, 6.45) is -8.09. The van der Waals surface area contributed by atoms with Crippen molar-refractivity contribution in [3.63, 3.8) is 0 Å². The lowest BCUT2D eigenvalue weighted by Gasteiger charge is -2.31. The van der Waals surface area contributed by atoms with Gasteiger partial charge in [0, 0.05) is 27.1 Å². The number of hydrogen-bond donors (Lipinski definition) is 1. The van der Waals surface area contributed by atoms with Crippen LogP contribution in [0.2, 0.25) is 0 Å². The van der Waals surface area contributed by atoms with Crippen molar-refractivity contribution in [2.45, 2.75) is 42.8 Å². The van der Waals surface area contributed by atoms with E-state index in [9.17, 15) is 35.2 Å². The number of alkyl halides is 4. The quantitative estimate of drug-likeness (QED) is 0.318. The minimum absolute atomic E-state index is 0.335. The van der Waals surface area contributed by atoms with Crippen molar-refractivity contribution in [1.29, 1.82) is 0 Å². The van der Waals surface area contributed by atoms with Gasteiger partial charge in [-0.15, -0.1) is 0 Å². The van der Waals surface area contributed by atoms with Gasteiger partial charge >= 0.3 is 6.18 Å². The minimum atomic E-state index is -4.77. The lowest BCUT2D eigenvalue weighted by atomic mass is 10.2. The minimum Gasteiger partial charge on any atom is -0.336 e. The van der Waals surface area contributed by atoms with E-state index in [1.807, 2.05) is 0 Å². The number of nitrogens with one attached hydrogen (secondary N) is 1. The second-order valence-corrected chi connectivity index (χ2v) is 8.61. The number of carbonyl (C=O) groups excluding carboxylic acids is 1. The maximum atomic E-state index is 14.0. The van der Waals surface area contributed by atoms with Crippen LogP contribution in [0.25, 0.3) is 0 Å². The Morgan fingerprint density at radius 2 is 1.87 bits per heavy atom. The first-order chi connectivity index (χ1) is 13.8. The molecule has 1 aromatic carbocycles. The number of hydrogen-bond acceptors (Lipinski definition) is 4. The fraction of sp³-hybridized carbons (Fsp3) is 0.529. The largest absolute Gasteiger partial charge is 0.449 e. The Balaban J connectivity index is 2.22. The molecule has 7 nitrogen and oxygen atoms in total. The van der Waals surface area contributed by atoms with Gasteiger partial charge in [0.25, 0.3) is 0 Å². The molecule has 1 fully saturated rings. The Bertz CT molecular complexity index is 905. The van der Waals surface area contributed by atoms with Crippen LogP contribution in [0, 0.1) is 5.82 Å². The zero-order valence-electron chi connectivity index (χ0n) is 16.3. The molecule has 0 spiro atoms. The number of amidine groups is 1. The summed E-state index contributed by atoms with van der Waals surface area (Å²) in [5.41, 5.74) is 0. The van der Waals surface area contributed by atoms with Gasteiger partial charge in [-0.25, -0.2) is 17.2 Å². The van der Waals surface area contributed by atoms with Crippen molar-refractivity contribution in [3.05, 3.63) is 30.1 Å². The molecule has 1 N–H and O–H groups in total. The third-order valence-corrected chi connectivity index (χ3v) is 6.55. The molecule has 0 bridgehead atoms. The summed E-state index contributed by atoms with van der Waals surface area (Å²) in [5.74, 6) is -2.89. The Labute approximate surface area is 170 Å². The molecule has 0 aliphatic carbocycles. The van der Waals surface area contributed by atoms with Gasteiger partial charge in [0.1, 0.15) is 18.0 Å². The summed E-state index contributed by atoms with van der Waals surface area (Å²) in [7, 11) is -2.34. The monoisotopic (exact) mass is 456 g/mol. The second kappa shape index (κ2) is 8.84. The molecule has 1 saturated heterocycles. The van der Waals surface area contributed by atoms with E-state index in [1.54, 1.807) is 0 Å². The summed E-state index contributed by atoms with van der Waals surface area (Å²) >= 11 is 0. The highest BCUT2D eigenvalue weighted by Crippen LogP contribution is 2.28. The van der Waals surface area contributed by atoms with Crippen molar-refractivity contribution >= 4 is 21.8 Å². The summed E-state index contributed by atoms with van der Waals surface area (Å²) < 4.78 is 92.3. The average molecular weight is 456 g/mol. The van der Waals surface area contributed by atoms with Crippen LogP contribution in [0.15, 0.2) is 34.2 Å². The van der Waals surface area contributed by atoms with Crippen molar-refractivity contribution in [3.8, 4) is 0 Å². The predicted octanol–water partition coefficient (Wildman–Crippen LogP) is 1.91. The maximum Gasteiger partial charge on any atom is 0.449 e. The van der Waals surface area contributed by atoms with Crippen LogP contribution in [0.3, 0.4) is 0 Å². The zero-order chi connectivity index (χ0) is 22.9. The van der Waals surface area contributed by atoms with E-state index in [4.69, 9.17) is 0 Å². The van der Waals surface area contributed by atoms with Crippen LogP contribution in [0.4, 0.5) is 22.0 Å². The van der Waals surface area contributed by atoms with Crippen LogP contribution in [-0.2, 0) is 14.8 Å². The fourth-order valence-corrected chi connectivity index (χ4v) is 4.69. The van der Waals surface area contributed by atoms with Gasteiger partial charge in [-0.1, -0.05) is 0 Å². The van der Waals surface area contributed by atoms with E-state index in [2.05, 4.69) is 10.3 Å². The molecule has 0 radical (unpaired) electrons. The first-order valence-corrected chi connectivity index (χ1v) is 10.2. The Morgan fingerprint density at radius 1 is 1.30 bits per heavy atom. The predicted molar refractivity (Wildman–Crippen MR) is 98.4 cm³/mol. The summed E-state index contributed by atoms with van der Waals surface area (Å²) in [6, 6.07) is 2.30. The number of sulfonamides is 1. The fourth-order valence-electron chi connectivity index (χ4n) is 3.07. The van der Waals surface area contributed by atoms with Gasteiger partial charge in [-0.05, 0) is 31.2 Å². The lowest BCUT2D eigenvalue weighted by molar-refractivity contribution is -0.126. The highest BCUT2D eigenvalue weighted by atomic mass is 32.2. The second-order valence-electron chi connectivity index (χ2n) is 6.72. The topological polar surface area (TPSA) is 82.1 Å². The van der Waals surface area contributed by atoms with Crippen molar-refractivity contribution in [2.75, 3.05) is 20.6 Å². The molecule has 168 valence electrons. The normalized spacial score (nSPS) is 22.1. The van der Waals surface area contributed by atoms with Crippen LogP contribution < -0.4 is 5.32 Å². The number of rotatable bonds is 5. The molecule has 1 aliphatic rings. The molecule has 1 aromatic rings. The maximum absolute atomic E-state index is 14.0. The molecule has 30 heavy (non-hydrogen) atoms. The molecule has 1 aliphatic heterocycles. The van der Waals surface area contributed by atoms with E-state index in [0.29, 0.717) is 9.21 Å². The van der Waals surface area contributed by atoms with Gasteiger partial charge in [0.2, 0.25) is 21.8 Å². The number of aliphatic imine (C=N–C) groups is 1. The lowest BCUT2D eigenvalue weighted by Crippen LogP contribution is -2.55. The van der Waals surface area contributed by atoms with E-state index in [1.165, 1.54) is 6.92 Å². The van der Waals surface area contributed by atoms with E-state index in [0.717, 1.165) is 38.4 Å². The first kappa shape index (κ1) is 24.0. The number of benzene rings is 1. The van der Waals surface area contributed by atoms with Crippen molar-refractivity contribution in [1.82, 2.24) is 14.5 Å². The Hall–Kier alpha value is -2.28. The molecule has 3 atom stereocenters. The molecule has 1 unspecified atom stereocenters. The molecular formula is C17H21F5N4O3S. The summed E-state index contributed by atoms with van der Waals surface area (Å²) in [5, 5.41) is 2.27. The number of carbonyl (C=O) groups is 1. The number of nitrogens with zero attached hydrogens (tertiary/aromatic N) is 3. The number of amides is 1. The van der Waals surface area contributed by atoms with Crippen LogP contribution in [0.1, 0.15) is 13.3 Å². The molecule has 2 rings (SSSR count). The highest BCUT2D eigenvalue weighted by molar-refractivity contribution is 7.89. The van der Waals surface area contributed by atoms with Crippen LogP contribution >= 0.6 is 0 Å². The molecule has 0 aromatic heterocycles. The third kappa shape index (κ3) is 5.06. The SMILES string of the molecule is CN=C(N(C)C(C)NC(=O)[C@@H]1C[C@@H](F)CN1S(=O)(=O)c1ccc(F)cc1)C(F)(F)F. The van der Waals surface area contributed by atoms with E-state index in [-0.39, 0.29) is 4.90 Å². The summed E-state index contributed by atoms with van der Waals surface area (Å²) in [6.45, 7) is 0.641. The average Bonchev–Trinajstić information content (AvgIpc) is 3.04. The van der Waals surface area contributed by atoms with Gasteiger partial charge in [-0.3, -0.25) is 9.79 Å². The molecule has 1 heterocycles. The summed E-state index contributed by atoms with van der Waals surface area (Å²) in [4.78, 5) is 16.1. The van der Waals surface area contributed by atoms with Gasteiger partial charge in [0.05, 0.1) is 11.1 Å². The third-order valence-electron chi connectivity index (χ3n) is 4.66. The first-order valence-electron chi connectivity index (χ1n) is 8.77. The Kier molecular flexibility index (Phi) is 7.07. The van der Waals surface area contributed by atoms with E-state index >= 15 is 0 Å². The smallest absolute Gasteiger partial charge is 0.336 e. The van der Waals surface area contributed by atoms with E-state index < -0.39 is 65.1 Å². The van der Waals surface area contributed by atoms with Gasteiger partial charge < -0.3 is 10.2 Å². The van der Waals surface area contributed by atoms with Gasteiger partial charge in [0.15, 0.2) is 0 Å². The van der Waals surface area contributed by atoms with Gasteiger partial charge in [-0.2, -0.15) is 17.5 Å². The molecule has 0 saturated carbocycles. The standard InChI is InChI=1S/C17H21F5N4O3S/c1-10(25(3)16(23-2)17(20,21)22)24-15(27)14-8-12(19)9-26(14)30(28,29)13-6-4-11(18)5-7-13/h4-7,10,12,14H,8-9H2,1-3H3,(H,24,27)/t10?,12-,14+/m1/s1. The molecule has 1 amide bonds. The Morgan fingerprint density at radius 3 is 2.37 bits per heavy atom. The van der Waals surface area contributed by atoms with Crippen molar-refractivity contribution in [2.24, 2.45) is 4.99 Å². The molecular weight excluding hydrogens is 435 g/mol. The number of halogens is 5. The van der Waals surface area contributed by atoms with Crippen molar-refractivity contribution < 1.29 is 35.2 Å². The molecule has 13 heteroatoms.